The Labute approximate surface area is 90.7 Å². The van der Waals surface area contributed by atoms with Gasteiger partial charge in [-0.25, -0.2) is 0 Å². The zero-order valence-corrected chi connectivity index (χ0v) is 9.59. The highest BCUT2D eigenvalue weighted by molar-refractivity contribution is 5.83. The largest absolute Gasteiger partial charge is 0.359 e. The molecule has 0 bridgehead atoms. The molecule has 1 heterocycles. The summed E-state index contributed by atoms with van der Waals surface area (Å²) < 4.78 is 0. The molecule has 2 nitrogen and oxygen atoms in total. The summed E-state index contributed by atoms with van der Waals surface area (Å²) in [5.74, 6) is 0. The summed E-state index contributed by atoms with van der Waals surface area (Å²) >= 11 is 0. The maximum absolute atomic E-state index is 3.37. The molecule has 0 spiro atoms. The highest BCUT2D eigenvalue weighted by Crippen LogP contribution is 2.20. The second kappa shape index (κ2) is 4.07. The van der Waals surface area contributed by atoms with E-state index in [1.165, 1.54) is 22.2 Å². The van der Waals surface area contributed by atoms with Crippen molar-refractivity contribution in [3.8, 4) is 0 Å². The molecule has 0 aliphatic carbocycles. The van der Waals surface area contributed by atoms with E-state index in [-0.39, 0.29) is 0 Å². The quantitative estimate of drug-likeness (QED) is 0.786. The van der Waals surface area contributed by atoms with E-state index < -0.39 is 0 Å². The number of hydrogen-bond donors (Lipinski definition) is 2. The first-order valence-corrected chi connectivity index (χ1v) is 5.45. The lowest BCUT2D eigenvalue weighted by molar-refractivity contribution is 0.610. The molecule has 2 rings (SSSR count). The van der Waals surface area contributed by atoms with Crippen LogP contribution >= 0.6 is 0 Å². The van der Waals surface area contributed by atoms with Crippen LogP contribution in [0.4, 0.5) is 0 Å². The predicted octanol–water partition coefficient (Wildman–Crippen LogP) is 2.63. The van der Waals surface area contributed by atoms with E-state index in [0.29, 0.717) is 6.04 Å². The van der Waals surface area contributed by atoms with Crippen molar-refractivity contribution < 1.29 is 0 Å². The second-order valence-electron chi connectivity index (χ2n) is 4.22. The molecule has 2 heteroatoms. The maximum Gasteiger partial charge on any atom is 0.0458 e. The van der Waals surface area contributed by atoms with Crippen molar-refractivity contribution in [2.45, 2.75) is 26.3 Å². The Kier molecular flexibility index (Phi) is 2.78. The standard InChI is InChI=1S/C13H18N2/c1-9(14-3)7-11-5-4-6-13-12(11)8-10(2)15-13/h4-6,8-9,14-15H,7H2,1-3H3. The lowest BCUT2D eigenvalue weighted by Crippen LogP contribution is -2.23. The van der Waals surface area contributed by atoms with Gasteiger partial charge in [0, 0.05) is 22.6 Å². The average molecular weight is 202 g/mol. The van der Waals surface area contributed by atoms with Crippen LogP contribution in [0.5, 0.6) is 0 Å². The van der Waals surface area contributed by atoms with Crippen LogP contribution in [0.2, 0.25) is 0 Å². The Morgan fingerprint density at radius 1 is 1.40 bits per heavy atom. The number of rotatable bonds is 3. The third-order valence-corrected chi connectivity index (χ3v) is 2.91. The van der Waals surface area contributed by atoms with Gasteiger partial charge in [-0.15, -0.1) is 0 Å². The predicted molar refractivity (Wildman–Crippen MR) is 65.3 cm³/mol. The zero-order valence-electron chi connectivity index (χ0n) is 9.59. The van der Waals surface area contributed by atoms with Crippen LogP contribution in [0.25, 0.3) is 10.9 Å². The van der Waals surface area contributed by atoms with E-state index in [2.05, 4.69) is 48.4 Å². The van der Waals surface area contributed by atoms with Gasteiger partial charge >= 0.3 is 0 Å². The smallest absolute Gasteiger partial charge is 0.0458 e. The highest BCUT2D eigenvalue weighted by Gasteiger charge is 2.06. The number of aryl methyl sites for hydroxylation is 1. The molecule has 0 fully saturated rings. The number of aromatic amines is 1. The Hall–Kier alpha value is -1.28. The normalized spacial score (nSPS) is 13.3. The first kappa shape index (κ1) is 10.2. The van der Waals surface area contributed by atoms with E-state index >= 15 is 0 Å². The van der Waals surface area contributed by atoms with Crippen molar-refractivity contribution in [1.82, 2.24) is 10.3 Å². The minimum atomic E-state index is 0.519. The summed E-state index contributed by atoms with van der Waals surface area (Å²) in [6.07, 6.45) is 1.07. The van der Waals surface area contributed by atoms with Gasteiger partial charge < -0.3 is 10.3 Å². The van der Waals surface area contributed by atoms with Crippen LogP contribution in [0.1, 0.15) is 18.2 Å². The molecule has 0 aliphatic rings. The monoisotopic (exact) mass is 202 g/mol. The maximum atomic E-state index is 3.37. The van der Waals surface area contributed by atoms with E-state index in [0.717, 1.165) is 6.42 Å². The fraction of sp³-hybridized carbons (Fsp3) is 0.385. The van der Waals surface area contributed by atoms with E-state index in [1.54, 1.807) is 0 Å². The molecule has 1 atom stereocenters. The summed E-state index contributed by atoms with van der Waals surface area (Å²) in [7, 11) is 2.01. The van der Waals surface area contributed by atoms with Crippen molar-refractivity contribution in [3.63, 3.8) is 0 Å². The van der Waals surface area contributed by atoms with Gasteiger partial charge in [-0.2, -0.15) is 0 Å². The molecular formula is C13H18N2. The first-order valence-electron chi connectivity index (χ1n) is 5.45. The van der Waals surface area contributed by atoms with E-state index in [9.17, 15) is 0 Å². The Morgan fingerprint density at radius 2 is 2.20 bits per heavy atom. The number of H-pyrrole nitrogens is 1. The summed E-state index contributed by atoms with van der Waals surface area (Å²) in [4.78, 5) is 3.37. The summed E-state index contributed by atoms with van der Waals surface area (Å²) in [5, 5.41) is 4.63. The van der Waals surface area contributed by atoms with Crippen LogP contribution in [-0.2, 0) is 6.42 Å². The third kappa shape index (κ3) is 2.05. The van der Waals surface area contributed by atoms with Gasteiger partial charge in [-0.3, -0.25) is 0 Å². The van der Waals surface area contributed by atoms with E-state index in [1.807, 2.05) is 7.05 Å². The number of fused-ring (bicyclic) bond motifs is 1. The summed E-state index contributed by atoms with van der Waals surface area (Å²) in [6.45, 7) is 4.31. The SMILES string of the molecule is CNC(C)Cc1cccc2[nH]c(C)cc12. The highest BCUT2D eigenvalue weighted by atomic mass is 14.8. The van der Waals surface area contributed by atoms with Gasteiger partial charge in [0.25, 0.3) is 0 Å². The lowest BCUT2D eigenvalue weighted by atomic mass is 10.0. The fourth-order valence-electron chi connectivity index (χ4n) is 1.97. The molecule has 1 aromatic carbocycles. The van der Waals surface area contributed by atoms with Crippen molar-refractivity contribution in [1.29, 1.82) is 0 Å². The molecule has 1 unspecified atom stereocenters. The van der Waals surface area contributed by atoms with Crippen LogP contribution in [-0.4, -0.2) is 18.1 Å². The molecule has 2 N–H and O–H groups in total. The lowest BCUT2D eigenvalue weighted by Gasteiger charge is -2.10. The summed E-state index contributed by atoms with van der Waals surface area (Å²) in [5.41, 5.74) is 3.89. The molecule has 0 amide bonds. The van der Waals surface area contributed by atoms with Gasteiger partial charge in [0.05, 0.1) is 0 Å². The van der Waals surface area contributed by atoms with Crippen molar-refractivity contribution in [2.75, 3.05) is 7.05 Å². The minimum absolute atomic E-state index is 0.519. The number of aromatic nitrogens is 1. The first-order chi connectivity index (χ1) is 7.20. The molecule has 0 radical (unpaired) electrons. The topological polar surface area (TPSA) is 27.8 Å². The third-order valence-electron chi connectivity index (χ3n) is 2.91. The molecule has 0 saturated heterocycles. The molecule has 1 aromatic heterocycles. The van der Waals surface area contributed by atoms with Crippen molar-refractivity contribution >= 4 is 10.9 Å². The Balaban J connectivity index is 2.41. The summed E-state index contributed by atoms with van der Waals surface area (Å²) in [6, 6.07) is 9.22. The molecule has 80 valence electrons. The zero-order chi connectivity index (χ0) is 10.8. The average Bonchev–Trinajstić information content (AvgIpc) is 2.59. The van der Waals surface area contributed by atoms with E-state index in [4.69, 9.17) is 0 Å². The number of likely N-dealkylation sites (N-methyl/N-ethyl adjacent to an activating group) is 1. The van der Waals surface area contributed by atoms with Gasteiger partial charge in [0.15, 0.2) is 0 Å². The molecule has 2 aromatic rings. The fourth-order valence-corrected chi connectivity index (χ4v) is 1.97. The van der Waals surface area contributed by atoms with Crippen LogP contribution in [0.3, 0.4) is 0 Å². The van der Waals surface area contributed by atoms with Crippen molar-refractivity contribution in [3.05, 3.63) is 35.5 Å². The molecule has 15 heavy (non-hydrogen) atoms. The van der Waals surface area contributed by atoms with Crippen LogP contribution < -0.4 is 5.32 Å². The molecule has 0 aliphatic heterocycles. The number of nitrogens with one attached hydrogen (secondary N) is 2. The second-order valence-corrected chi connectivity index (χ2v) is 4.22. The van der Waals surface area contributed by atoms with Crippen molar-refractivity contribution in [2.24, 2.45) is 0 Å². The van der Waals surface area contributed by atoms with Crippen LogP contribution in [0.15, 0.2) is 24.3 Å². The minimum Gasteiger partial charge on any atom is -0.359 e. The van der Waals surface area contributed by atoms with Gasteiger partial charge in [-0.05, 0) is 45.0 Å². The molecule has 0 saturated carbocycles. The number of benzene rings is 1. The van der Waals surface area contributed by atoms with Crippen LogP contribution in [0, 0.1) is 6.92 Å². The Morgan fingerprint density at radius 3 is 2.93 bits per heavy atom. The van der Waals surface area contributed by atoms with Gasteiger partial charge in [-0.1, -0.05) is 12.1 Å². The Bertz CT molecular complexity index is 457. The molecular weight excluding hydrogens is 184 g/mol. The number of hydrogen-bond acceptors (Lipinski definition) is 1. The van der Waals surface area contributed by atoms with Gasteiger partial charge in [0.1, 0.15) is 0 Å². The van der Waals surface area contributed by atoms with Gasteiger partial charge in [0.2, 0.25) is 0 Å².